The second-order valence-electron chi connectivity index (χ2n) is 5.90. The van der Waals surface area contributed by atoms with E-state index in [9.17, 15) is 0 Å². The van der Waals surface area contributed by atoms with Crippen molar-refractivity contribution in [2.24, 2.45) is 0 Å². The first-order chi connectivity index (χ1) is 10.8. The van der Waals surface area contributed by atoms with Crippen LogP contribution in [0.15, 0.2) is 34.7 Å². The second-order valence-corrected chi connectivity index (χ2v) is 5.90. The van der Waals surface area contributed by atoms with Crippen LogP contribution in [0.2, 0.25) is 0 Å². The molecule has 116 valence electrons. The van der Waals surface area contributed by atoms with Crippen LogP contribution in [0.3, 0.4) is 0 Å². The number of aromatic nitrogens is 2. The normalized spacial score (nSPS) is 21.5. The van der Waals surface area contributed by atoms with Crippen molar-refractivity contribution in [2.75, 3.05) is 26.3 Å². The molecule has 2 aliphatic heterocycles. The Morgan fingerprint density at radius 1 is 1.00 bits per heavy atom. The van der Waals surface area contributed by atoms with E-state index in [4.69, 9.17) is 13.9 Å². The summed E-state index contributed by atoms with van der Waals surface area (Å²) < 4.78 is 17.3. The Morgan fingerprint density at radius 3 is 2.45 bits per heavy atom. The van der Waals surface area contributed by atoms with E-state index in [1.165, 1.54) is 4.90 Å². The van der Waals surface area contributed by atoms with Gasteiger partial charge in [-0.15, -0.1) is 10.2 Å². The number of ether oxygens (including phenoxy) is 2. The van der Waals surface area contributed by atoms with Crippen LogP contribution in [0.1, 0.15) is 18.7 Å². The molecule has 0 saturated carbocycles. The first-order valence-corrected chi connectivity index (χ1v) is 7.82. The SMILES string of the molecule is c1ccc(-c2nnc(C[NH+]3CCC4(CC3)OCCO4)o2)cc1. The van der Waals surface area contributed by atoms with E-state index >= 15 is 0 Å². The van der Waals surface area contributed by atoms with Crippen molar-refractivity contribution in [2.45, 2.75) is 25.2 Å². The molecule has 0 atom stereocenters. The monoisotopic (exact) mass is 302 g/mol. The van der Waals surface area contributed by atoms with Crippen LogP contribution in [0, 0.1) is 0 Å². The molecule has 2 aliphatic rings. The molecule has 0 aliphatic carbocycles. The molecule has 4 rings (SSSR count). The predicted molar refractivity (Wildman–Crippen MR) is 78.0 cm³/mol. The quantitative estimate of drug-likeness (QED) is 0.902. The van der Waals surface area contributed by atoms with Crippen LogP contribution in [-0.4, -0.2) is 42.3 Å². The van der Waals surface area contributed by atoms with Gasteiger partial charge in [-0.05, 0) is 12.1 Å². The number of rotatable bonds is 3. The molecule has 2 fully saturated rings. The molecule has 0 unspecified atom stereocenters. The molecule has 22 heavy (non-hydrogen) atoms. The minimum Gasteiger partial charge on any atom is -0.415 e. The number of hydrogen-bond acceptors (Lipinski definition) is 5. The van der Waals surface area contributed by atoms with Crippen LogP contribution in [0.25, 0.3) is 11.5 Å². The summed E-state index contributed by atoms with van der Waals surface area (Å²) in [5.74, 6) is 0.970. The van der Waals surface area contributed by atoms with Gasteiger partial charge in [0.25, 0.3) is 5.89 Å². The molecule has 1 aromatic heterocycles. The average Bonchev–Trinajstić information content (AvgIpc) is 3.21. The molecule has 1 spiro atoms. The molecule has 6 heteroatoms. The zero-order chi connectivity index (χ0) is 14.8. The summed E-state index contributed by atoms with van der Waals surface area (Å²) in [6, 6.07) is 9.86. The number of nitrogens with one attached hydrogen (secondary N) is 1. The van der Waals surface area contributed by atoms with Gasteiger partial charge < -0.3 is 18.8 Å². The smallest absolute Gasteiger partial charge is 0.271 e. The minimum absolute atomic E-state index is 0.312. The van der Waals surface area contributed by atoms with Crippen molar-refractivity contribution >= 4 is 0 Å². The minimum atomic E-state index is -0.312. The van der Waals surface area contributed by atoms with Gasteiger partial charge in [0.15, 0.2) is 12.3 Å². The van der Waals surface area contributed by atoms with E-state index in [0.717, 1.165) is 51.3 Å². The highest BCUT2D eigenvalue weighted by Crippen LogP contribution is 2.27. The lowest BCUT2D eigenvalue weighted by atomic mass is 10.0. The van der Waals surface area contributed by atoms with Crippen LogP contribution < -0.4 is 4.90 Å². The largest absolute Gasteiger partial charge is 0.415 e. The van der Waals surface area contributed by atoms with Gasteiger partial charge in [0.05, 0.1) is 39.1 Å². The van der Waals surface area contributed by atoms with Crippen LogP contribution in [0.5, 0.6) is 0 Å². The lowest BCUT2D eigenvalue weighted by Gasteiger charge is -2.34. The maximum atomic E-state index is 5.78. The summed E-state index contributed by atoms with van der Waals surface area (Å²) >= 11 is 0. The first-order valence-electron chi connectivity index (χ1n) is 7.82. The highest BCUT2D eigenvalue weighted by Gasteiger charge is 2.41. The van der Waals surface area contributed by atoms with Gasteiger partial charge in [0.2, 0.25) is 5.89 Å². The number of quaternary nitrogens is 1. The lowest BCUT2D eigenvalue weighted by molar-refractivity contribution is -0.923. The van der Waals surface area contributed by atoms with E-state index in [0.29, 0.717) is 11.8 Å². The molecular weight excluding hydrogens is 282 g/mol. The maximum absolute atomic E-state index is 5.78. The van der Waals surface area contributed by atoms with Crippen molar-refractivity contribution in [3.05, 3.63) is 36.2 Å². The topological polar surface area (TPSA) is 61.8 Å². The average molecular weight is 302 g/mol. The van der Waals surface area contributed by atoms with Gasteiger partial charge in [0, 0.05) is 5.56 Å². The van der Waals surface area contributed by atoms with Crippen LogP contribution in [-0.2, 0) is 16.0 Å². The summed E-state index contributed by atoms with van der Waals surface area (Å²) in [7, 11) is 0. The molecule has 2 aromatic rings. The Bertz CT molecular complexity index is 613. The van der Waals surface area contributed by atoms with E-state index < -0.39 is 0 Å². The number of likely N-dealkylation sites (tertiary alicyclic amines) is 1. The predicted octanol–water partition coefficient (Wildman–Crippen LogP) is 0.658. The molecule has 1 aromatic carbocycles. The molecular formula is C16H20N3O3+. The highest BCUT2D eigenvalue weighted by molar-refractivity contribution is 5.51. The molecule has 6 nitrogen and oxygen atoms in total. The van der Waals surface area contributed by atoms with Gasteiger partial charge in [0.1, 0.15) is 0 Å². The zero-order valence-electron chi connectivity index (χ0n) is 12.5. The summed E-state index contributed by atoms with van der Waals surface area (Å²) in [6.45, 7) is 4.21. The Kier molecular flexibility index (Phi) is 3.65. The molecule has 0 bridgehead atoms. The van der Waals surface area contributed by atoms with Gasteiger partial charge >= 0.3 is 0 Å². The molecule has 3 heterocycles. The standard InChI is InChI=1S/C16H19N3O3/c1-2-4-13(5-3-1)15-18-17-14(22-15)12-19-8-6-16(7-9-19)20-10-11-21-16/h1-5H,6-12H2/p+1. The Labute approximate surface area is 129 Å². The summed E-state index contributed by atoms with van der Waals surface area (Å²) in [6.07, 6.45) is 1.87. The fourth-order valence-corrected chi connectivity index (χ4v) is 3.18. The third-order valence-corrected chi connectivity index (χ3v) is 4.42. The van der Waals surface area contributed by atoms with Gasteiger partial charge in [-0.1, -0.05) is 18.2 Å². The van der Waals surface area contributed by atoms with Crippen molar-refractivity contribution in [3.63, 3.8) is 0 Å². The summed E-state index contributed by atoms with van der Waals surface area (Å²) in [5.41, 5.74) is 0.960. The van der Waals surface area contributed by atoms with Crippen molar-refractivity contribution in [3.8, 4) is 11.5 Å². The summed E-state index contributed by atoms with van der Waals surface area (Å²) in [4.78, 5) is 1.44. The molecule has 0 amide bonds. The van der Waals surface area contributed by atoms with Crippen molar-refractivity contribution in [1.82, 2.24) is 10.2 Å². The van der Waals surface area contributed by atoms with Crippen molar-refractivity contribution < 1.29 is 18.8 Å². The van der Waals surface area contributed by atoms with E-state index in [1.54, 1.807) is 0 Å². The Balaban J connectivity index is 1.37. The molecule has 2 saturated heterocycles. The fraction of sp³-hybridized carbons (Fsp3) is 0.500. The number of benzene rings is 1. The lowest BCUT2D eigenvalue weighted by Crippen LogP contribution is -3.12. The van der Waals surface area contributed by atoms with Gasteiger partial charge in [-0.25, -0.2) is 0 Å². The number of piperidine rings is 1. The number of hydrogen-bond donors (Lipinski definition) is 1. The Hall–Kier alpha value is -1.76. The molecule has 1 N–H and O–H groups in total. The molecule has 0 radical (unpaired) electrons. The highest BCUT2D eigenvalue weighted by atomic mass is 16.7. The fourth-order valence-electron chi connectivity index (χ4n) is 3.18. The van der Waals surface area contributed by atoms with E-state index in [1.807, 2.05) is 30.3 Å². The second kappa shape index (κ2) is 5.79. The van der Waals surface area contributed by atoms with Gasteiger partial charge in [-0.2, -0.15) is 0 Å². The van der Waals surface area contributed by atoms with E-state index in [-0.39, 0.29) is 5.79 Å². The first kappa shape index (κ1) is 13.9. The number of nitrogens with zero attached hydrogens (tertiary/aromatic N) is 2. The van der Waals surface area contributed by atoms with E-state index in [2.05, 4.69) is 10.2 Å². The van der Waals surface area contributed by atoms with Crippen molar-refractivity contribution in [1.29, 1.82) is 0 Å². The van der Waals surface area contributed by atoms with Crippen LogP contribution in [0.4, 0.5) is 0 Å². The van der Waals surface area contributed by atoms with Gasteiger partial charge in [-0.3, -0.25) is 0 Å². The maximum Gasteiger partial charge on any atom is 0.271 e. The third kappa shape index (κ3) is 2.77. The third-order valence-electron chi connectivity index (χ3n) is 4.42. The zero-order valence-corrected chi connectivity index (χ0v) is 12.5. The van der Waals surface area contributed by atoms with Crippen LogP contribution >= 0.6 is 0 Å². The Morgan fingerprint density at radius 2 is 1.73 bits per heavy atom. The summed E-state index contributed by atoms with van der Waals surface area (Å²) in [5, 5.41) is 8.32.